The number of nitrogens with one attached hydrogen (secondary N) is 1. The Morgan fingerprint density at radius 2 is 1.64 bits per heavy atom. The van der Waals surface area contributed by atoms with Crippen molar-refractivity contribution in [3.63, 3.8) is 0 Å². The normalized spacial score (nSPS) is 14.9. The summed E-state index contributed by atoms with van der Waals surface area (Å²) in [6.45, 7) is 4.07. The molecule has 1 saturated heterocycles. The third-order valence-corrected chi connectivity index (χ3v) is 4.39. The van der Waals surface area contributed by atoms with Crippen molar-refractivity contribution in [1.29, 1.82) is 0 Å². The number of hydrogen-bond acceptors (Lipinski definition) is 7. The molecule has 0 aliphatic carbocycles. The minimum Gasteiger partial charge on any atom is -0.394 e. The Hall–Kier alpha value is -2.38. The molecule has 1 heterocycles. The number of benzene rings is 1. The van der Waals surface area contributed by atoms with E-state index in [0.717, 1.165) is 13.1 Å². The lowest BCUT2D eigenvalue weighted by molar-refractivity contribution is 0.0992. The molecule has 1 fully saturated rings. The number of nitrogens with zero attached hydrogens (tertiary/aromatic N) is 2. The average molecular weight is 345 g/mol. The summed E-state index contributed by atoms with van der Waals surface area (Å²) in [4.78, 5) is 28.1. The smallest absolute Gasteiger partial charge is 0.253 e. The van der Waals surface area contributed by atoms with Crippen LogP contribution in [0.4, 0.5) is 17.1 Å². The molecule has 0 spiro atoms. The van der Waals surface area contributed by atoms with Crippen LogP contribution in [0.1, 0.15) is 0 Å². The molecule has 25 heavy (non-hydrogen) atoms. The Labute approximate surface area is 146 Å². The molecular formula is C18H23N3O4. The van der Waals surface area contributed by atoms with Crippen LogP contribution in [0.3, 0.4) is 0 Å². The fourth-order valence-electron chi connectivity index (χ4n) is 3.09. The Balaban J connectivity index is 1.57. The van der Waals surface area contributed by atoms with Gasteiger partial charge in [-0.3, -0.25) is 9.59 Å². The zero-order valence-corrected chi connectivity index (χ0v) is 14.1. The second-order valence-electron chi connectivity index (χ2n) is 5.95. The van der Waals surface area contributed by atoms with Gasteiger partial charge < -0.3 is 25.0 Å². The van der Waals surface area contributed by atoms with Gasteiger partial charge in [-0.15, -0.1) is 0 Å². The van der Waals surface area contributed by atoms with Crippen molar-refractivity contribution < 1.29 is 9.84 Å². The van der Waals surface area contributed by atoms with E-state index in [0.29, 0.717) is 37.6 Å². The number of aliphatic hydroxyl groups excluding tert-OH is 1. The maximum Gasteiger partial charge on any atom is 0.253 e. The van der Waals surface area contributed by atoms with Crippen molar-refractivity contribution in [2.45, 2.75) is 0 Å². The van der Waals surface area contributed by atoms with Crippen molar-refractivity contribution in [3.05, 3.63) is 50.8 Å². The van der Waals surface area contributed by atoms with E-state index in [1.54, 1.807) is 0 Å². The van der Waals surface area contributed by atoms with Gasteiger partial charge in [-0.05, 0) is 12.1 Å². The van der Waals surface area contributed by atoms with Crippen LogP contribution in [0, 0.1) is 0 Å². The van der Waals surface area contributed by atoms with Gasteiger partial charge in [0.1, 0.15) is 11.4 Å². The van der Waals surface area contributed by atoms with Gasteiger partial charge in [0.25, 0.3) is 10.9 Å². The molecule has 134 valence electrons. The molecule has 7 heteroatoms. The molecule has 0 atom stereocenters. The Morgan fingerprint density at radius 3 is 2.32 bits per heavy atom. The Kier molecular flexibility index (Phi) is 5.67. The summed E-state index contributed by atoms with van der Waals surface area (Å²) in [7, 11) is 0. The van der Waals surface area contributed by atoms with Crippen LogP contribution in [0.2, 0.25) is 0 Å². The first-order chi connectivity index (χ1) is 12.2. The highest BCUT2D eigenvalue weighted by molar-refractivity contribution is 5.75. The number of rotatable bonds is 8. The summed E-state index contributed by atoms with van der Waals surface area (Å²) >= 11 is 0. The summed E-state index contributed by atoms with van der Waals surface area (Å²) < 4.78 is 5.16. The van der Waals surface area contributed by atoms with Crippen LogP contribution in [0.5, 0.6) is 0 Å². The first-order valence-corrected chi connectivity index (χ1v) is 8.53. The molecular weight excluding hydrogens is 322 g/mol. The van der Waals surface area contributed by atoms with E-state index < -0.39 is 10.9 Å². The van der Waals surface area contributed by atoms with E-state index in [9.17, 15) is 9.59 Å². The van der Waals surface area contributed by atoms with Crippen LogP contribution in [-0.4, -0.2) is 57.7 Å². The Morgan fingerprint density at radius 1 is 0.960 bits per heavy atom. The molecule has 2 aromatic carbocycles. The van der Waals surface area contributed by atoms with Crippen molar-refractivity contribution >= 4 is 17.1 Å². The molecule has 0 bridgehead atoms. The lowest BCUT2D eigenvalue weighted by Gasteiger charge is -2.38. The number of anilines is 3. The van der Waals surface area contributed by atoms with Gasteiger partial charge in [0.15, 0.2) is 0 Å². The second kappa shape index (κ2) is 8.13. The SMILES string of the molecule is O=c1c(NCCOCCO)c(N2CCN(c3ccccc3)CC2)c1=O. The summed E-state index contributed by atoms with van der Waals surface area (Å²) in [6, 6.07) is 10.2. The predicted molar refractivity (Wildman–Crippen MR) is 98.6 cm³/mol. The fourth-order valence-corrected chi connectivity index (χ4v) is 3.09. The lowest BCUT2D eigenvalue weighted by atomic mass is 10.1. The van der Waals surface area contributed by atoms with Gasteiger partial charge in [-0.25, -0.2) is 0 Å². The predicted octanol–water partition coefficient (Wildman–Crippen LogP) is 0.0300. The standard InChI is InChI=1S/C18H23N3O4/c22-11-13-25-12-6-19-15-16(18(24)17(15)23)21-9-7-20(8-10-21)14-4-2-1-3-5-14/h1-5,19,22H,6-13H2. The number of aliphatic hydroxyl groups is 1. The van der Waals surface area contributed by atoms with Crippen molar-refractivity contribution in [3.8, 4) is 0 Å². The minimum atomic E-state index is -0.456. The van der Waals surface area contributed by atoms with Crippen LogP contribution in [0.25, 0.3) is 0 Å². The monoisotopic (exact) mass is 345 g/mol. The van der Waals surface area contributed by atoms with Crippen LogP contribution in [-0.2, 0) is 4.74 Å². The van der Waals surface area contributed by atoms with Crippen molar-refractivity contribution in [1.82, 2.24) is 0 Å². The third kappa shape index (κ3) is 3.83. The van der Waals surface area contributed by atoms with Gasteiger partial charge in [0.2, 0.25) is 0 Å². The molecule has 3 rings (SSSR count). The van der Waals surface area contributed by atoms with Gasteiger partial charge in [-0.1, -0.05) is 18.2 Å². The van der Waals surface area contributed by atoms with Crippen LogP contribution in [0.15, 0.2) is 39.9 Å². The molecule has 2 aromatic rings. The first-order valence-electron chi connectivity index (χ1n) is 8.53. The molecule has 2 N–H and O–H groups in total. The zero-order valence-electron chi connectivity index (χ0n) is 14.1. The highest BCUT2D eigenvalue weighted by Crippen LogP contribution is 2.23. The van der Waals surface area contributed by atoms with Crippen LogP contribution < -0.4 is 26.0 Å². The van der Waals surface area contributed by atoms with E-state index in [1.807, 2.05) is 23.1 Å². The van der Waals surface area contributed by atoms with E-state index in [1.165, 1.54) is 5.69 Å². The molecule has 0 unspecified atom stereocenters. The number of para-hydroxylation sites is 1. The van der Waals surface area contributed by atoms with E-state index in [2.05, 4.69) is 22.3 Å². The quantitative estimate of drug-likeness (QED) is 0.516. The second-order valence-corrected chi connectivity index (χ2v) is 5.95. The van der Waals surface area contributed by atoms with Gasteiger partial charge in [0, 0.05) is 38.4 Å². The van der Waals surface area contributed by atoms with Gasteiger partial charge in [0.05, 0.1) is 19.8 Å². The maximum atomic E-state index is 12.0. The maximum absolute atomic E-state index is 12.0. The average Bonchev–Trinajstić information content (AvgIpc) is 2.67. The van der Waals surface area contributed by atoms with Gasteiger partial charge >= 0.3 is 0 Å². The largest absolute Gasteiger partial charge is 0.394 e. The topological polar surface area (TPSA) is 82.1 Å². The summed E-state index contributed by atoms with van der Waals surface area (Å²) in [5, 5.41) is 11.7. The lowest BCUT2D eigenvalue weighted by Crippen LogP contribution is -2.51. The molecule has 0 aromatic heterocycles. The van der Waals surface area contributed by atoms with Crippen molar-refractivity contribution in [2.24, 2.45) is 0 Å². The van der Waals surface area contributed by atoms with Gasteiger partial charge in [-0.2, -0.15) is 0 Å². The minimum absolute atomic E-state index is 0.0307. The molecule has 1 aliphatic heterocycles. The molecule has 1 aliphatic rings. The summed E-state index contributed by atoms with van der Waals surface area (Å²) in [6.07, 6.45) is 0. The molecule has 0 saturated carbocycles. The number of ether oxygens (including phenoxy) is 1. The van der Waals surface area contributed by atoms with Crippen molar-refractivity contribution in [2.75, 3.05) is 67.7 Å². The molecule has 0 amide bonds. The number of hydrogen-bond donors (Lipinski definition) is 2. The number of piperazine rings is 1. The highest BCUT2D eigenvalue weighted by Gasteiger charge is 2.28. The fraction of sp³-hybridized carbons (Fsp3) is 0.444. The summed E-state index contributed by atoms with van der Waals surface area (Å²) in [5.74, 6) is 0. The first kappa shape index (κ1) is 17.4. The molecule has 7 nitrogen and oxygen atoms in total. The van der Waals surface area contributed by atoms with E-state index in [4.69, 9.17) is 9.84 Å². The van der Waals surface area contributed by atoms with E-state index in [-0.39, 0.29) is 13.2 Å². The Bertz CT molecular complexity index is 747. The summed E-state index contributed by atoms with van der Waals surface area (Å²) in [5.41, 5.74) is 1.20. The zero-order chi connectivity index (χ0) is 17.6. The highest BCUT2D eigenvalue weighted by atomic mass is 16.5. The molecule has 0 radical (unpaired) electrons. The third-order valence-electron chi connectivity index (χ3n) is 4.39. The van der Waals surface area contributed by atoms with E-state index >= 15 is 0 Å². The van der Waals surface area contributed by atoms with Crippen LogP contribution >= 0.6 is 0 Å².